The maximum Gasteiger partial charge on any atom is 0.268 e. The smallest absolute Gasteiger partial charge is 0.268 e. The molecule has 29 heavy (non-hydrogen) atoms. The minimum atomic E-state index is -3.96. The predicted octanol–water partition coefficient (Wildman–Crippen LogP) is 2.89. The number of hydrogen-bond donors (Lipinski definition) is 2. The summed E-state index contributed by atoms with van der Waals surface area (Å²) in [6.45, 7) is 1.85. The average molecular weight is 415 g/mol. The monoisotopic (exact) mass is 415 g/mol. The van der Waals surface area contributed by atoms with Crippen molar-refractivity contribution in [2.24, 2.45) is 11.1 Å². The second kappa shape index (κ2) is 6.96. The molecule has 0 radical (unpaired) electrons. The minimum Gasteiger partial charge on any atom is -0.350 e. The highest BCUT2D eigenvalue weighted by Crippen LogP contribution is 2.45. The van der Waals surface area contributed by atoms with Gasteiger partial charge in [-0.05, 0) is 43.2 Å². The quantitative estimate of drug-likeness (QED) is 0.647. The van der Waals surface area contributed by atoms with Crippen LogP contribution in [0.15, 0.2) is 53.4 Å². The molecule has 4 rings (SSSR count). The van der Waals surface area contributed by atoms with Gasteiger partial charge in [0.05, 0.1) is 22.7 Å². The third kappa shape index (κ3) is 3.42. The standard InChI is InChI=1S/C21H22FN3O3S/c1-21(7-8-21)20(26)24-13-16-9-14-10-18(22)15(12-23)11-19(14)25(16)29(27,28)17-5-3-2-4-6-17/h2-6,9-11H,7-8,12-13,23H2,1H3,(H,24,26). The zero-order valence-corrected chi connectivity index (χ0v) is 16.8. The van der Waals surface area contributed by atoms with Crippen molar-refractivity contribution in [3.05, 3.63) is 65.6 Å². The summed E-state index contributed by atoms with van der Waals surface area (Å²) < 4.78 is 42.2. The van der Waals surface area contributed by atoms with Crippen molar-refractivity contribution in [1.82, 2.24) is 9.29 Å². The molecule has 1 aliphatic rings. The average Bonchev–Trinajstić information content (AvgIpc) is 3.36. The first kappa shape index (κ1) is 19.6. The lowest BCUT2D eigenvalue weighted by Gasteiger charge is -2.14. The molecule has 6 nitrogen and oxygen atoms in total. The molecule has 0 saturated heterocycles. The van der Waals surface area contributed by atoms with Crippen LogP contribution in [0, 0.1) is 11.2 Å². The van der Waals surface area contributed by atoms with Gasteiger partial charge in [0.1, 0.15) is 5.82 Å². The number of rotatable bonds is 6. The minimum absolute atomic E-state index is 0.0226. The molecule has 1 aromatic heterocycles. The lowest BCUT2D eigenvalue weighted by molar-refractivity contribution is -0.125. The van der Waals surface area contributed by atoms with Gasteiger partial charge in [0.15, 0.2) is 0 Å². The Morgan fingerprint density at radius 2 is 1.90 bits per heavy atom. The number of aromatic nitrogens is 1. The lowest BCUT2D eigenvalue weighted by atomic mass is 10.1. The third-order valence-electron chi connectivity index (χ3n) is 5.48. The summed E-state index contributed by atoms with van der Waals surface area (Å²) in [5, 5.41) is 3.26. The zero-order chi connectivity index (χ0) is 20.8. The molecule has 3 N–H and O–H groups in total. The number of benzene rings is 2. The Bertz CT molecular complexity index is 1200. The van der Waals surface area contributed by atoms with Gasteiger partial charge in [0.25, 0.3) is 10.0 Å². The highest BCUT2D eigenvalue weighted by Gasteiger charge is 2.44. The van der Waals surface area contributed by atoms with E-state index in [1.165, 1.54) is 28.2 Å². The molecule has 1 saturated carbocycles. The summed E-state index contributed by atoms with van der Waals surface area (Å²) in [5.41, 5.74) is 6.15. The van der Waals surface area contributed by atoms with Gasteiger partial charge in [-0.2, -0.15) is 0 Å². The SMILES string of the molecule is CC1(C(=O)NCc2cc3cc(F)c(CN)cc3n2S(=O)(=O)c2ccccc2)CC1. The van der Waals surface area contributed by atoms with Crippen molar-refractivity contribution in [2.45, 2.75) is 37.8 Å². The van der Waals surface area contributed by atoms with Crippen LogP contribution in [0.4, 0.5) is 4.39 Å². The van der Waals surface area contributed by atoms with E-state index in [4.69, 9.17) is 5.73 Å². The summed E-state index contributed by atoms with van der Waals surface area (Å²) in [6.07, 6.45) is 1.63. The van der Waals surface area contributed by atoms with E-state index in [0.717, 1.165) is 12.8 Å². The van der Waals surface area contributed by atoms with Crippen molar-refractivity contribution in [2.75, 3.05) is 0 Å². The fraction of sp³-hybridized carbons (Fsp3) is 0.286. The van der Waals surface area contributed by atoms with Crippen LogP contribution in [-0.2, 0) is 27.9 Å². The van der Waals surface area contributed by atoms with E-state index in [2.05, 4.69) is 5.32 Å². The molecule has 0 aliphatic heterocycles. The van der Waals surface area contributed by atoms with Gasteiger partial charge in [-0.25, -0.2) is 16.8 Å². The largest absolute Gasteiger partial charge is 0.350 e. The van der Waals surface area contributed by atoms with Crippen LogP contribution < -0.4 is 11.1 Å². The molecule has 1 amide bonds. The molecule has 1 fully saturated rings. The normalized spacial score (nSPS) is 15.4. The summed E-state index contributed by atoms with van der Waals surface area (Å²) in [7, 11) is -3.96. The van der Waals surface area contributed by atoms with Crippen molar-refractivity contribution in [1.29, 1.82) is 0 Å². The Morgan fingerprint density at radius 3 is 2.52 bits per heavy atom. The summed E-state index contributed by atoms with van der Waals surface area (Å²) in [5.74, 6) is -0.601. The molecule has 1 aliphatic carbocycles. The summed E-state index contributed by atoms with van der Waals surface area (Å²) in [6, 6.07) is 12.3. The van der Waals surface area contributed by atoms with Gasteiger partial charge < -0.3 is 11.1 Å². The van der Waals surface area contributed by atoms with Crippen LogP contribution in [0.25, 0.3) is 10.9 Å². The van der Waals surface area contributed by atoms with Crippen molar-refractivity contribution >= 4 is 26.8 Å². The molecule has 0 bridgehead atoms. The number of carbonyl (C=O) groups excluding carboxylic acids is 1. The van der Waals surface area contributed by atoms with Crippen LogP contribution >= 0.6 is 0 Å². The molecular weight excluding hydrogens is 393 g/mol. The second-order valence-electron chi connectivity index (χ2n) is 7.67. The van der Waals surface area contributed by atoms with Crippen LogP contribution in [0.2, 0.25) is 0 Å². The maximum absolute atomic E-state index is 14.3. The van der Waals surface area contributed by atoms with E-state index >= 15 is 0 Å². The van der Waals surface area contributed by atoms with E-state index in [1.807, 2.05) is 6.92 Å². The molecule has 1 heterocycles. The third-order valence-corrected chi connectivity index (χ3v) is 7.26. The van der Waals surface area contributed by atoms with Gasteiger partial charge in [-0.1, -0.05) is 25.1 Å². The van der Waals surface area contributed by atoms with Gasteiger partial charge in [0.2, 0.25) is 5.91 Å². The number of fused-ring (bicyclic) bond motifs is 1. The highest BCUT2D eigenvalue weighted by atomic mass is 32.2. The molecule has 3 aromatic rings. The molecule has 0 unspecified atom stereocenters. The number of amides is 1. The van der Waals surface area contributed by atoms with E-state index in [9.17, 15) is 17.6 Å². The fourth-order valence-corrected chi connectivity index (χ4v) is 4.92. The maximum atomic E-state index is 14.3. The van der Waals surface area contributed by atoms with Gasteiger partial charge >= 0.3 is 0 Å². The van der Waals surface area contributed by atoms with Crippen LogP contribution in [0.5, 0.6) is 0 Å². The molecule has 0 atom stereocenters. The molecular formula is C21H22FN3O3S. The number of nitrogens with one attached hydrogen (secondary N) is 1. The van der Waals surface area contributed by atoms with Crippen molar-refractivity contribution < 1.29 is 17.6 Å². The number of nitrogens with two attached hydrogens (primary N) is 1. The Balaban J connectivity index is 1.85. The molecule has 152 valence electrons. The Morgan fingerprint density at radius 1 is 1.21 bits per heavy atom. The van der Waals surface area contributed by atoms with Crippen LogP contribution in [-0.4, -0.2) is 18.3 Å². The Labute approximate surface area is 168 Å². The van der Waals surface area contributed by atoms with E-state index in [-0.39, 0.29) is 34.9 Å². The van der Waals surface area contributed by atoms with Crippen molar-refractivity contribution in [3.8, 4) is 0 Å². The van der Waals surface area contributed by atoms with Crippen LogP contribution in [0.3, 0.4) is 0 Å². The van der Waals surface area contributed by atoms with Gasteiger partial charge in [0, 0.05) is 22.9 Å². The number of hydrogen-bond acceptors (Lipinski definition) is 4. The summed E-state index contributed by atoms with van der Waals surface area (Å²) in [4.78, 5) is 12.5. The van der Waals surface area contributed by atoms with Gasteiger partial charge in [-0.15, -0.1) is 0 Å². The first-order chi connectivity index (χ1) is 13.8. The fourth-order valence-electron chi connectivity index (χ4n) is 3.36. The topological polar surface area (TPSA) is 94.2 Å². The number of carbonyl (C=O) groups is 1. The zero-order valence-electron chi connectivity index (χ0n) is 16.0. The van der Waals surface area contributed by atoms with E-state index in [1.54, 1.807) is 24.3 Å². The first-order valence-corrected chi connectivity index (χ1v) is 10.8. The molecule has 2 aromatic carbocycles. The molecule has 0 spiro atoms. The lowest BCUT2D eigenvalue weighted by Crippen LogP contribution is -2.31. The van der Waals surface area contributed by atoms with Crippen LogP contribution in [0.1, 0.15) is 31.0 Å². The van der Waals surface area contributed by atoms with Gasteiger partial charge in [-0.3, -0.25) is 4.79 Å². The Hall–Kier alpha value is -2.71. The number of nitrogens with zero attached hydrogens (tertiary/aromatic N) is 1. The van der Waals surface area contributed by atoms with Crippen molar-refractivity contribution in [3.63, 3.8) is 0 Å². The second-order valence-corrected chi connectivity index (χ2v) is 9.45. The van der Waals surface area contributed by atoms with E-state index < -0.39 is 15.8 Å². The summed E-state index contributed by atoms with van der Waals surface area (Å²) >= 11 is 0. The van der Waals surface area contributed by atoms with E-state index in [0.29, 0.717) is 16.6 Å². The predicted molar refractivity (Wildman–Crippen MR) is 108 cm³/mol. The molecule has 8 heteroatoms. The highest BCUT2D eigenvalue weighted by molar-refractivity contribution is 7.90. The first-order valence-electron chi connectivity index (χ1n) is 9.38. The Kier molecular flexibility index (Phi) is 4.71. The number of halogens is 1.